The minimum Gasteiger partial charge on any atom is -0.366 e. The van der Waals surface area contributed by atoms with Gasteiger partial charge in [0.15, 0.2) is 0 Å². The molecule has 0 radical (unpaired) electrons. The zero-order valence-electron chi connectivity index (χ0n) is 10.2. The van der Waals surface area contributed by atoms with Gasteiger partial charge in [0.1, 0.15) is 0 Å². The molecule has 1 atom stereocenters. The number of hydrogen-bond donors (Lipinski definition) is 2. The van der Waals surface area contributed by atoms with E-state index in [0.29, 0.717) is 24.2 Å². The maximum atomic E-state index is 11.8. The molecule has 0 unspecified atom stereocenters. The van der Waals surface area contributed by atoms with E-state index in [1.807, 2.05) is 24.3 Å². The number of nitrogens with two attached hydrogens (primary N) is 1. The highest BCUT2D eigenvalue weighted by atomic mass is 16.2. The maximum absolute atomic E-state index is 11.8. The van der Waals surface area contributed by atoms with Crippen LogP contribution in [0.2, 0.25) is 0 Å². The summed E-state index contributed by atoms with van der Waals surface area (Å²) in [4.78, 5) is 27.8. The summed E-state index contributed by atoms with van der Waals surface area (Å²) in [6.45, 7) is 0.607. The Labute approximate surface area is 109 Å². The van der Waals surface area contributed by atoms with Gasteiger partial charge in [-0.05, 0) is 18.6 Å². The third kappa shape index (κ3) is 1.93. The molecule has 5 nitrogen and oxygen atoms in total. The first-order valence-corrected chi connectivity index (χ1v) is 6.14. The van der Waals surface area contributed by atoms with Gasteiger partial charge in [0, 0.05) is 11.9 Å². The predicted molar refractivity (Wildman–Crippen MR) is 70.6 cm³/mol. The molecule has 2 aromatic rings. The Morgan fingerprint density at radius 2 is 2.16 bits per heavy atom. The zero-order chi connectivity index (χ0) is 13.4. The molecule has 19 heavy (non-hydrogen) atoms. The number of fused-ring (bicyclic) bond motifs is 1. The number of nitrogens with one attached hydrogen (secondary N) is 1. The molecule has 1 aliphatic heterocycles. The van der Waals surface area contributed by atoms with Crippen LogP contribution in [0.5, 0.6) is 0 Å². The summed E-state index contributed by atoms with van der Waals surface area (Å²) in [7, 11) is 0. The Bertz CT molecular complexity index is 681. The summed E-state index contributed by atoms with van der Waals surface area (Å²) < 4.78 is 0. The Kier molecular flexibility index (Phi) is 2.67. The minimum absolute atomic E-state index is 0.0923. The van der Waals surface area contributed by atoms with Crippen LogP contribution in [0.25, 0.3) is 10.9 Å². The molecule has 1 aromatic carbocycles. The van der Waals surface area contributed by atoms with Crippen molar-refractivity contribution in [2.75, 3.05) is 6.54 Å². The summed E-state index contributed by atoms with van der Waals surface area (Å²) in [6, 6.07) is 9.18. The van der Waals surface area contributed by atoms with E-state index in [1.54, 1.807) is 6.07 Å². The number of nitrogens with zero attached hydrogens (tertiary/aromatic N) is 1. The molecule has 1 fully saturated rings. The Balaban J connectivity index is 2.23. The predicted octanol–water partition coefficient (Wildman–Crippen LogP) is 0.937. The molecule has 2 heterocycles. The number of aromatic nitrogens is 1. The summed E-state index contributed by atoms with van der Waals surface area (Å²) in [6.07, 6.45) is 0.643. The van der Waals surface area contributed by atoms with Gasteiger partial charge in [-0.2, -0.15) is 0 Å². The van der Waals surface area contributed by atoms with Gasteiger partial charge in [0.05, 0.1) is 22.7 Å². The van der Waals surface area contributed by atoms with Crippen LogP contribution in [0.1, 0.15) is 28.4 Å². The van der Waals surface area contributed by atoms with Gasteiger partial charge < -0.3 is 11.1 Å². The number of carbonyl (C=O) groups is 2. The van der Waals surface area contributed by atoms with Crippen LogP contribution < -0.4 is 11.1 Å². The molecule has 3 N–H and O–H groups in total. The molecule has 2 amide bonds. The first-order valence-electron chi connectivity index (χ1n) is 6.14. The van der Waals surface area contributed by atoms with E-state index < -0.39 is 5.91 Å². The molecule has 3 rings (SSSR count). The summed E-state index contributed by atoms with van der Waals surface area (Å²) in [5, 5.41) is 3.60. The number of primary amides is 1. The lowest BCUT2D eigenvalue weighted by atomic mass is 9.96. The third-order valence-electron chi connectivity index (χ3n) is 3.40. The fourth-order valence-corrected chi connectivity index (χ4v) is 2.45. The highest BCUT2D eigenvalue weighted by molar-refractivity contribution is 6.00. The lowest BCUT2D eigenvalue weighted by Crippen LogP contribution is -2.22. The number of carbonyl (C=O) groups excluding carboxylic acids is 2. The van der Waals surface area contributed by atoms with E-state index in [1.165, 1.54) is 0 Å². The van der Waals surface area contributed by atoms with E-state index in [9.17, 15) is 9.59 Å². The Morgan fingerprint density at radius 1 is 1.37 bits per heavy atom. The van der Waals surface area contributed by atoms with Crippen LogP contribution in [0, 0.1) is 0 Å². The van der Waals surface area contributed by atoms with Crippen LogP contribution in [-0.2, 0) is 4.79 Å². The number of para-hydroxylation sites is 1. The standard InChI is InChI=1S/C14H13N3O2/c15-13(18)10-7-8-3-1-2-4-11(8)17-12(10)9-5-6-16-14(9)19/h1-4,7,9H,5-6H2,(H2,15,18)(H,16,19)/t9-/m0/s1. The SMILES string of the molecule is NC(=O)c1cc2ccccc2nc1[C@@H]1CCNC1=O. The van der Waals surface area contributed by atoms with E-state index >= 15 is 0 Å². The molecule has 0 aliphatic carbocycles. The topological polar surface area (TPSA) is 85.1 Å². The highest BCUT2D eigenvalue weighted by Crippen LogP contribution is 2.27. The van der Waals surface area contributed by atoms with E-state index in [4.69, 9.17) is 5.73 Å². The van der Waals surface area contributed by atoms with Crippen molar-refractivity contribution < 1.29 is 9.59 Å². The average Bonchev–Trinajstić information content (AvgIpc) is 2.83. The van der Waals surface area contributed by atoms with Crippen LogP contribution in [0.4, 0.5) is 0 Å². The van der Waals surface area contributed by atoms with Gasteiger partial charge in [-0.3, -0.25) is 14.6 Å². The third-order valence-corrected chi connectivity index (χ3v) is 3.40. The normalized spacial score (nSPS) is 18.5. The van der Waals surface area contributed by atoms with Crippen molar-refractivity contribution in [1.82, 2.24) is 10.3 Å². The lowest BCUT2D eigenvalue weighted by molar-refractivity contribution is -0.120. The molecule has 1 aromatic heterocycles. The van der Waals surface area contributed by atoms with Gasteiger partial charge >= 0.3 is 0 Å². The number of rotatable bonds is 2. The molecule has 0 bridgehead atoms. The van der Waals surface area contributed by atoms with Crippen molar-refractivity contribution in [2.45, 2.75) is 12.3 Å². The Hall–Kier alpha value is -2.43. The number of hydrogen-bond acceptors (Lipinski definition) is 3. The van der Waals surface area contributed by atoms with Crippen molar-refractivity contribution in [3.63, 3.8) is 0 Å². The van der Waals surface area contributed by atoms with Gasteiger partial charge in [0.2, 0.25) is 5.91 Å². The van der Waals surface area contributed by atoms with Crippen LogP contribution in [0.15, 0.2) is 30.3 Å². The summed E-state index contributed by atoms with van der Waals surface area (Å²) in [5.74, 6) is -1.02. The van der Waals surface area contributed by atoms with E-state index in [0.717, 1.165) is 10.9 Å². The minimum atomic E-state index is -0.548. The smallest absolute Gasteiger partial charge is 0.250 e. The van der Waals surface area contributed by atoms with Gasteiger partial charge in [0.25, 0.3) is 5.91 Å². The van der Waals surface area contributed by atoms with Crippen LogP contribution in [0.3, 0.4) is 0 Å². The molecule has 96 valence electrons. The van der Waals surface area contributed by atoms with E-state index in [-0.39, 0.29) is 11.8 Å². The molecule has 5 heteroatoms. The monoisotopic (exact) mass is 255 g/mol. The number of amides is 2. The van der Waals surface area contributed by atoms with Gasteiger partial charge in [-0.15, -0.1) is 0 Å². The fraction of sp³-hybridized carbons (Fsp3) is 0.214. The zero-order valence-corrected chi connectivity index (χ0v) is 10.2. The fourth-order valence-electron chi connectivity index (χ4n) is 2.45. The van der Waals surface area contributed by atoms with Crippen LogP contribution in [-0.4, -0.2) is 23.3 Å². The largest absolute Gasteiger partial charge is 0.366 e. The quantitative estimate of drug-likeness (QED) is 0.837. The molecular formula is C14H13N3O2. The summed E-state index contributed by atoms with van der Waals surface area (Å²) in [5.41, 5.74) is 7.00. The second kappa shape index (κ2) is 4.35. The lowest BCUT2D eigenvalue weighted by Gasteiger charge is -2.12. The van der Waals surface area contributed by atoms with Crippen molar-refractivity contribution in [3.8, 4) is 0 Å². The molecule has 1 aliphatic rings. The first-order chi connectivity index (χ1) is 9.16. The maximum Gasteiger partial charge on any atom is 0.250 e. The summed E-state index contributed by atoms with van der Waals surface area (Å²) >= 11 is 0. The van der Waals surface area contributed by atoms with Crippen molar-refractivity contribution in [1.29, 1.82) is 0 Å². The van der Waals surface area contributed by atoms with Crippen molar-refractivity contribution in [3.05, 3.63) is 41.6 Å². The highest BCUT2D eigenvalue weighted by Gasteiger charge is 2.30. The molecule has 0 saturated carbocycles. The van der Waals surface area contributed by atoms with Gasteiger partial charge in [-0.1, -0.05) is 18.2 Å². The van der Waals surface area contributed by atoms with E-state index in [2.05, 4.69) is 10.3 Å². The van der Waals surface area contributed by atoms with Gasteiger partial charge in [-0.25, -0.2) is 0 Å². The number of pyridine rings is 1. The first kappa shape index (κ1) is 11.6. The molecule has 1 saturated heterocycles. The second-order valence-electron chi connectivity index (χ2n) is 4.61. The average molecular weight is 255 g/mol. The van der Waals surface area contributed by atoms with Crippen molar-refractivity contribution in [2.24, 2.45) is 5.73 Å². The Morgan fingerprint density at radius 3 is 2.84 bits per heavy atom. The molecule has 0 spiro atoms. The second-order valence-corrected chi connectivity index (χ2v) is 4.61. The van der Waals surface area contributed by atoms with Crippen molar-refractivity contribution >= 4 is 22.7 Å². The molecular weight excluding hydrogens is 242 g/mol. The van der Waals surface area contributed by atoms with Crippen LogP contribution >= 0.6 is 0 Å². The number of benzene rings is 1.